The number of amides is 2. The van der Waals surface area contributed by atoms with Crippen molar-refractivity contribution in [2.75, 3.05) is 27.2 Å². The lowest BCUT2D eigenvalue weighted by Crippen LogP contribution is -2.69. The molecule has 1 fully saturated rings. The van der Waals surface area contributed by atoms with Gasteiger partial charge in [-0.05, 0) is 46.8 Å². The van der Waals surface area contributed by atoms with Crippen molar-refractivity contribution in [3.05, 3.63) is 0 Å². The highest BCUT2D eigenvalue weighted by Gasteiger charge is 2.45. The molecule has 0 aromatic rings. The molecule has 0 aliphatic carbocycles. The van der Waals surface area contributed by atoms with Gasteiger partial charge in [0.25, 0.3) is 0 Å². The molecule has 1 rings (SSSR count). The van der Waals surface area contributed by atoms with Gasteiger partial charge in [-0.2, -0.15) is 0 Å². The second kappa shape index (κ2) is 6.37. The predicted octanol–water partition coefficient (Wildman–Crippen LogP) is 0.844. The summed E-state index contributed by atoms with van der Waals surface area (Å²) in [5, 5.41) is 2.88. The lowest BCUT2D eigenvalue weighted by atomic mass is 9.91. The summed E-state index contributed by atoms with van der Waals surface area (Å²) in [6.07, 6.45) is 2.18. The monoisotopic (exact) mass is 269 g/mol. The van der Waals surface area contributed by atoms with Crippen LogP contribution < -0.4 is 5.32 Å². The molecule has 0 aromatic carbocycles. The zero-order valence-corrected chi connectivity index (χ0v) is 12.8. The first-order chi connectivity index (χ1) is 8.85. The van der Waals surface area contributed by atoms with Crippen LogP contribution in [0, 0.1) is 0 Å². The fourth-order valence-electron chi connectivity index (χ4n) is 2.47. The van der Waals surface area contributed by atoms with Crippen molar-refractivity contribution in [2.45, 2.75) is 51.6 Å². The maximum Gasteiger partial charge on any atom is 0.248 e. The van der Waals surface area contributed by atoms with Gasteiger partial charge in [0.2, 0.25) is 11.8 Å². The quantitative estimate of drug-likeness (QED) is 0.777. The highest BCUT2D eigenvalue weighted by molar-refractivity contribution is 5.99. The van der Waals surface area contributed by atoms with E-state index < -0.39 is 5.54 Å². The third-order valence-electron chi connectivity index (χ3n) is 3.91. The maximum atomic E-state index is 12.6. The fourth-order valence-corrected chi connectivity index (χ4v) is 2.47. The van der Waals surface area contributed by atoms with Crippen LogP contribution in [0.2, 0.25) is 0 Å². The Morgan fingerprint density at radius 3 is 2.42 bits per heavy atom. The van der Waals surface area contributed by atoms with Crippen LogP contribution in [0.3, 0.4) is 0 Å². The van der Waals surface area contributed by atoms with Crippen molar-refractivity contribution in [2.24, 2.45) is 0 Å². The van der Waals surface area contributed by atoms with E-state index in [1.165, 1.54) is 0 Å². The first kappa shape index (κ1) is 16.0. The van der Waals surface area contributed by atoms with Crippen molar-refractivity contribution < 1.29 is 9.59 Å². The Hall–Kier alpha value is -1.10. The number of carbonyl (C=O) groups is 2. The number of rotatable bonds is 6. The molecule has 19 heavy (non-hydrogen) atoms. The van der Waals surface area contributed by atoms with Gasteiger partial charge in [0.15, 0.2) is 0 Å². The van der Waals surface area contributed by atoms with Crippen LogP contribution in [0.4, 0.5) is 0 Å². The van der Waals surface area contributed by atoms with Crippen LogP contribution in [0.15, 0.2) is 0 Å². The molecule has 2 atom stereocenters. The zero-order valence-electron chi connectivity index (χ0n) is 12.8. The highest BCUT2D eigenvalue weighted by Crippen LogP contribution is 2.23. The first-order valence-electron chi connectivity index (χ1n) is 7.13. The van der Waals surface area contributed by atoms with E-state index in [1.54, 1.807) is 4.90 Å². The normalized spacial score (nSPS) is 27.9. The van der Waals surface area contributed by atoms with Crippen LogP contribution in [-0.4, -0.2) is 60.4 Å². The largest absolute Gasteiger partial charge is 0.340 e. The number of hydrogen-bond acceptors (Lipinski definition) is 3. The summed E-state index contributed by atoms with van der Waals surface area (Å²) in [4.78, 5) is 28.6. The van der Waals surface area contributed by atoms with Gasteiger partial charge in [0.1, 0.15) is 11.6 Å². The van der Waals surface area contributed by atoms with E-state index in [0.717, 1.165) is 13.0 Å². The topological polar surface area (TPSA) is 52.7 Å². The Bertz CT molecular complexity index is 344. The summed E-state index contributed by atoms with van der Waals surface area (Å²) < 4.78 is 0. The van der Waals surface area contributed by atoms with E-state index in [2.05, 4.69) is 10.2 Å². The van der Waals surface area contributed by atoms with E-state index in [4.69, 9.17) is 0 Å². The van der Waals surface area contributed by atoms with Gasteiger partial charge in [-0.1, -0.05) is 13.8 Å². The summed E-state index contributed by atoms with van der Waals surface area (Å²) >= 11 is 0. The number of nitrogens with zero attached hydrogens (tertiary/aromatic N) is 2. The lowest BCUT2D eigenvalue weighted by molar-refractivity contribution is -0.154. The third-order valence-corrected chi connectivity index (χ3v) is 3.91. The Labute approximate surface area is 116 Å². The van der Waals surface area contributed by atoms with Crippen LogP contribution in [0.5, 0.6) is 0 Å². The molecule has 0 saturated carbocycles. The van der Waals surface area contributed by atoms with Crippen molar-refractivity contribution in [1.29, 1.82) is 0 Å². The summed E-state index contributed by atoms with van der Waals surface area (Å²) in [6, 6.07) is -0.311. The van der Waals surface area contributed by atoms with E-state index in [-0.39, 0.29) is 17.9 Å². The molecule has 1 aliphatic rings. The average Bonchev–Trinajstić information content (AvgIpc) is 2.35. The van der Waals surface area contributed by atoms with E-state index >= 15 is 0 Å². The van der Waals surface area contributed by atoms with Gasteiger partial charge >= 0.3 is 0 Å². The standard InChI is InChI=1S/C14H27N3O2/c1-6-11-12(18)15-14(3,7-2)13(19)17(11)10-8-9-16(4)5/h11H,6-10H2,1-5H3,(H,15,18). The lowest BCUT2D eigenvalue weighted by Gasteiger charge is -2.44. The van der Waals surface area contributed by atoms with Crippen molar-refractivity contribution in [3.63, 3.8) is 0 Å². The average molecular weight is 269 g/mol. The molecule has 1 aliphatic heterocycles. The molecule has 1 saturated heterocycles. The van der Waals surface area contributed by atoms with E-state index in [9.17, 15) is 9.59 Å². The molecule has 110 valence electrons. The first-order valence-corrected chi connectivity index (χ1v) is 7.13. The maximum absolute atomic E-state index is 12.6. The van der Waals surface area contributed by atoms with Gasteiger partial charge in [0.05, 0.1) is 0 Å². The number of nitrogens with one attached hydrogen (secondary N) is 1. The molecule has 0 aromatic heterocycles. The molecule has 5 heteroatoms. The zero-order chi connectivity index (χ0) is 14.6. The molecule has 5 nitrogen and oxygen atoms in total. The van der Waals surface area contributed by atoms with Gasteiger partial charge in [0, 0.05) is 6.54 Å². The number of piperazine rings is 1. The molecular formula is C14H27N3O2. The van der Waals surface area contributed by atoms with Gasteiger partial charge < -0.3 is 15.1 Å². The highest BCUT2D eigenvalue weighted by atomic mass is 16.2. The van der Waals surface area contributed by atoms with Gasteiger partial charge in [-0.3, -0.25) is 9.59 Å². The van der Waals surface area contributed by atoms with Crippen LogP contribution in [-0.2, 0) is 9.59 Å². The molecule has 2 unspecified atom stereocenters. The molecule has 0 bridgehead atoms. The Kier molecular flexibility index (Phi) is 5.35. The van der Waals surface area contributed by atoms with Crippen LogP contribution in [0.25, 0.3) is 0 Å². The molecular weight excluding hydrogens is 242 g/mol. The number of carbonyl (C=O) groups excluding carboxylic acids is 2. The minimum absolute atomic E-state index is 0.0173. The fraction of sp³-hybridized carbons (Fsp3) is 0.857. The number of hydrogen-bond donors (Lipinski definition) is 1. The summed E-state index contributed by atoms with van der Waals surface area (Å²) in [6.45, 7) is 7.27. The molecule has 2 amide bonds. The SMILES string of the molecule is CCC1C(=O)NC(C)(CC)C(=O)N1CCCN(C)C. The van der Waals surface area contributed by atoms with Gasteiger partial charge in [-0.25, -0.2) is 0 Å². The second-order valence-corrected chi connectivity index (χ2v) is 5.75. The Morgan fingerprint density at radius 2 is 1.95 bits per heavy atom. The predicted molar refractivity (Wildman–Crippen MR) is 75.8 cm³/mol. The van der Waals surface area contributed by atoms with E-state index in [0.29, 0.717) is 19.4 Å². The van der Waals surface area contributed by atoms with Crippen LogP contribution in [0.1, 0.15) is 40.0 Å². The van der Waals surface area contributed by atoms with Crippen molar-refractivity contribution >= 4 is 11.8 Å². The van der Waals surface area contributed by atoms with Crippen molar-refractivity contribution in [1.82, 2.24) is 15.1 Å². The van der Waals surface area contributed by atoms with Gasteiger partial charge in [-0.15, -0.1) is 0 Å². The van der Waals surface area contributed by atoms with Crippen LogP contribution >= 0.6 is 0 Å². The minimum atomic E-state index is -0.735. The van der Waals surface area contributed by atoms with Crippen molar-refractivity contribution in [3.8, 4) is 0 Å². The second-order valence-electron chi connectivity index (χ2n) is 5.75. The smallest absolute Gasteiger partial charge is 0.248 e. The summed E-state index contributed by atoms with van der Waals surface area (Å²) in [5.74, 6) is 0.0384. The Morgan fingerprint density at radius 1 is 1.32 bits per heavy atom. The molecule has 0 radical (unpaired) electrons. The molecule has 1 heterocycles. The summed E-state index contributed by atoms with van der Waals surface area (Å²) in [7, 11) is 4.02. The third kappa shape index (κ3) is 3.47. The van der Waals surface area contributed by atoms with E-state index in [1.807, 2.05) is 34.9 Å². The molecule has 0 spiro atoms. The summed E-state index contributed by atoms with van der Waals surface area (Å²) in [5.41, 5.74) is -0.735. The minimum Gasteiger partial charge on any atom is -0.340 e. The Balaban J connectivity index is 2.81. The molecule has 1 N–H and O–H groups in total.